The molecule has 0 aliphatic rings. The molecule has 0 atom stereocenters. The molecule has 0 aliphatic carbocycles. The van der Waals surface area contributed by atoms with Crippen molar-refractivity contribution in [2.24, 2.45) is 0 Å². The first-order chi connectivity index (χ1) is 14.9. The lowest BCUT2D eigenvalue weighted by Crippen LogP contribution is -1.96. The van der Waals surface area contributed by atoms with Crippen molar-refractivity contribution >= 4 is 44.2 Å². The highest BCUT2D eigenvalue weighted by Crippen LogP contribution is 2.49. The lowest BCUT2D eigenvalue weighted by Gasteiger charge is -2.12. The van der Waals surface area contributed by atoms with Gasteiger partial charge in [-0.1, -0.05) is 60.7 Å². The summed E-state index contributed by atoms with van der Waals surface area (Å²) in [6, 6.07) is 32.6. The van der Waals surface area contributed by atoms with Crippen LogP contribution < -0.4 is 0 Å². The molecule has 1 nitrogen and oxygen atoms in total. The molecule has 0 unspecified atom stereocenters. The molecular weight excluding hydrogens is 422 g/mol. The van der Waals surface area contributed by atoms with E-state index in [-0.39, 0.29) is 0 Å². The lowest BCUT2D eigenvalue weighted by molar-refractivity contribution is 1.14. The number of hydrogen-bond acceptors (Lipinski definition) is 3. The summed E-state index contributed by atoms with van der Waals surface area (Å²) in [5.74, 6) is 0. The zero-order chi connectivity index (χ0) is 19.9. The van der Waals surface area contributed by atoms with Crippen molar-refractivity contribution in [2.45, 2.75) is 0 Å². The van der Waals surface area contributed by atoms with Gasteiger partial charge >= 0.3 is 0 Å². The van der Waals surface area contributed by atoms with Crippen LogP contribution in [0.4, 0.5) is 0 Å². The van der Waals surface area contributed by atoms with Crippen molar-refractivity contribution in [2.75, 3.05) is 0 Å². The first-order valence-electron chi connectivity index (χ1n) is 9.77. The predicted molar refractivity (Wildman–Crippen MR) is 133 cm³/mol. The van der Waals surface area contributed by atoms with E-state index in [2.05, 4.69) is 106 Å². The minimum atomic E-state index is 1.20. The van der Waals surface area contributed by atoms with E-state index in [9.17, 15) is 0 Å². The van der Waals surface area contributed by atoms with E-state index < -0.39 is 0 Å². The van der Waals surface area contributed by atoms with Gasteiger partial charge in [-0.15, -0.1) is 34.0 Å². The van der Waals surface area contributed by atoms with Crippen molar-refractivity contribution in [1.82, 2.24) is 4.57 Å². The van der Waals surface area contributed by atoms with Gasteiger partial charge in [-0.2, -0.15) is 0 Å². The highest BCUT2D eigenvalue weighted by molar-refractivity contribution is 7.26. The maximum Gasteiger partial charge on any atom is 0.0728 e. The van der Waals surface area contributed by atoms with Crippen molar-refractivity contribution in [3.05, 3.63) is 102 Å². The molecule has 0 radical (unpaired) electrons. The molecule has 4 heteroatoms. The third-order valence-corrected chi connectivity index (χ3v) is 8.31. The highest BCUT2D eigenvalue weighted by atomic mass is 32.1. The Morgan fingerprint density at radius 2 is 1.30 bits per heavy atom. The van der Waals surface area contributed by atoms with Crippen molar-refractivity contribution in [3.8, 4) is 37.1 Å². The largest absolute Gasteiger partial charge is 0.307 e. The van der Waals surface area contributed by atoms with E-state index in [1.807, 2.05) is 22.7 Å². The maximum atomic E-state index is 2.44. The van der Waals surface area contributed by atoms with Gasteiger partial charge in [0.25, 0.3) is 0 Å². The second kappa shape index (κ2) is 7.40. The average molecular weight is 440 g/mol. The maximum absolute atomic E-state index is 2.44. The van der Waals surface area contributed by atoms with Crippen LogP contribution in [0.2, 0.25) is 0 Å². The fourth-order valence-electron chi connectivity index (χ4n) is 3.97. The van der Waals surface area contributed by atoms with Gasteiger partial charge in [-0.3, -0.25) is 0 Å². The van der Waals surface area contributed by atoms with Gasteiger partial charge < -0.3 is 4.57 Å². The van der Waals surface area contributed by atoms with Crippen LogP contribution in [0, 0.1) is 0 Å². The Hall–Kier alpha value is -2.92. The number of rotatable bonds is 4. The van der Waals surface area contributed by atoms with Gasteiger partial charge in [-0.05, 0) is 46.7 Å². The summed E-state index contributed by atoms with van der Waals surface area (Å²) in [6.45, 7) is 0. The van der Waals surface area contributed by atoms with Crippen LogP contribution in [0.25, 0.3) is 47.4 Å². The summed E-state index contributed by atoms with van der Waals surface area (Å²) in [4.78, 5) is 3.97. The van der Waals surface area contributed by atoms with Gasteiger partial charge in [0.2, 0.25) is 0 Å². The number of fused-ring (bicyclic) bond motifs is 1. The SMILES string of the molecule is c1ccc(-c2c(-c3cccs3)sc3cc(-c4cccs4)n(-c4ccccc4)c23)cc1. The summed E-state index contributed by atoms with van der Waals surface area (Å²) >= 11 is 5.50. The van der Waals surface area contributed by atoms with E-state index in [0.29, 0.717) is 0 Å². The molecule has 0 fully saturated rings. The van der Waals surface area contributed by atoms with Crippen molar-refractivity contribution in [1.29, 1.82) is 0 Å². The standard InChI is InChI=1S/C26H17NS3/c1-3-9-18(10-4-1)24-25-23(30-26(24)22-14-8-16-29-22)17-20(21-13-7-15-28-21)27(25)19-11-5-2-6-12-19/h1-17H. The van der Waals surface area contributed by atoms with Crippen molar-refractivity contribution in [3.63, 3.8) is 0 Å². The van der Waals surface area contributed by atoms with Crippen LogP contribution in [0.15, 0.2) is 102 Å². The van der Waals surface area contributed by atoms with Crippen LogP contribution in [0.3, 0.4) is 0 Å². The second-order valence-electron chi connectivity index (χ2n) is 7.04. The van der Waals surface area contributed by atoms with Crippen LogP contribution in [-0.2, 0) is 0 Å². The highest BCUT2D eigenvalue weighted by Gasteiger charge is 2.23. The summed E-state index contributed by atoms with van der Waals surface area (Å²) in [5.41, 5.74) is 6.34. The Balaban J connectivity index is 1.76. The second-order valence-corrected chi connectivity index (χ2v) is 9.99. The lowest BCUT2D eigenvalue weighted by atomic mass is 10.0. The van der Waals surface area contributed by atoms with Crippen molar-refractivity contribution < 1.29 is 0 Å². The molecule has 0 aliphatic heterocycles. The molecule has 4 heterocycles. The van der Waals surface area contributed by atoms with Crippen LogP contribution in [-0.4, -0.2) is 4.57 Å². The van der Waals surface area contributed by atoms with Crippen LogP contribution in [0.5, 0.6) is 0 Å². The fraction of sp³-hybridized carbons (Fsp3) is 0. The minimum absolute atomic E-state index is 1.20. The number of nitrogens with zero attached hydrogens (tertiary/aromatic N) is 1. The zero-order valence-corrected chi connectivity index (χ0v) is 18.4. The van der Waals surface area contributed by atoms with Gasteiger partial charge in [0.15, 0.2) is 0 Å². The van der Waals surface area contributed by atoms with E-state index in [1.165, 1.54) is 47.4 Å². The smallest absolute Gasteiger partial charge is 0.0728 e. The first kappa shape index (κ1) is 17.9. The first-order valence-corrected chi connectivity index (χ1v) is 12.3. The molecule has 6 aromatic rings. The zero-order valence-electron chi connectivity index (χ0n) is 16.0. The summed E-state index contributed by atoms with van der Waals surface area (Å²) in [5, 5.41) is 4.32. The Morgan fingerprint density at radius 3 is 1.97 bits per heavy atom. The van der Waals surface area contributed by atoms with E-state index in [4.69, 9.17) is 0 Å². The Bertz CT molecular complexity index is 1300. The van der Waals surface area contributed by atoms with E-state index in [1.54, 1.807) is 11.3 Å². The number of hydrogen-bond donors (Lipinski definition) is 0. The normalized spacial score (nSPS) is 11.3. The topological polar surface area (TPSA) is 4.93 Å². The Labute approximate surface area is 187 Å². The van der Waals surface area contributed by atoms with E-state index in [0.717, 1.165) is 0 Å². The van der Waals surface area contributed by atoms with Crippen LogP contribution in [0.1, 0.15) is 0 Å². The molecule has 0 bridgehead atoms. The number of thiophene rings is 3. The summed E-state index contributed by atoms with van der Waals surface area (Å²) in [7, 11) is 0. The molecule has 6 rings (SSSR count). The molecule has 30 heavy (non-hydrogen) atoms. The number of benzene rings is 2. The van der Waals surface area contributed by atoms with Gasteiger partial charge in [0.1, 0.15) is 0 Å². The molecule has 2 aromatic carbocycles. The van der Waals surface area contributed by atoms with Gasteiger partial charge in [-0.25, -0.2) is 0 Å². The molecule has 0 saturated carbocycles. The number of para-hydroxylation sites is 1. The Morgan fingerprint density at radius 1 is 0.633 bits per heavy atom. The quantitative estimate of drug-likeness (QED) is 0.258. The Kier molecular flexibility index (Phi) is 4.42. The molecule has 144 valence electrons. The molecular formula is C26H17NS3. The molecule has 4 aromatic heterocycles. The fourth-order valence-corrected chi connectivity index (χ4v) is 6.81. The minimum Gasteiger partial charge on any atom is -0.307 e. The monoisotopic (exact) mass is 439 g/mol. The van der Waals surface area contributed by atoms with Gasteiger partial charge in [0.05, 0.1) is 25.7 Å². The molecule has 0 N–H and O–H groups in total. The predicted octanol–water partition coefficient (Wildman–Crippen LogP) is 8.82. The van der Waals surface area contributed by atoms with Crippen LogP contribution >= 0.6 is 34.0 Å². The third kappa shape index (κ3) is 2.88. The number of aromatic nitrogens is 1. The summed E-state index contributed by atoms with van der Waals surface area (Å²) in [6.07, 6.45) is 0. The molecule has 0 amide bonds. The van der Waals surface area contributed by atoms with Gasteiger partial charge in [0, 0.05) is 16.1 Å². The summed E-state index contributed by atoms with van der Waals surface area (Å²) < 4.78 is 3.77. The average Bonchev–Trinajstić information content (AvgIpc) is 3.58. The third-order valence-electron chi connectivity index (χ3n) is 5.24. The molecule has 0 saturated heterocycles. The molecule has 0 spiro atoms. The van der Waals surface area contributed by atoms with E-state index >= 15 is 0 Å².